The fourth-order valence-corrected chi connectivity index (χ4v) is 2.35. The highest BCUT2D eigenvalue weighted by Gasteiger charge is 2.03. The van der Waals surface area contributed by atoms with Crippen LogP contribution in [-0.4, -0.2) is 24.7 Å². The highest BCUT2D eigenvalue weighted by atomic mass is 16.5. The molecule has 0 fully saturated rings. The van der Waals surface area contributed by atoms with Crippen molar-refractivity contribution in [2.24, 2.45) is 0 Å². The molecular formula is C19H23NO3. The molecule has 0 saturated carbocycles. The van der Waals surface area contributed by atoms with Crippen LogP contribution in [0.3, 0.4) is 0 Å². The standard InChI is InChI=1S/C19H23NO3/c1-23-18-11-7-15(8-12-18)3-2-4-19(22)20-17-9-5-16(6-10-17)13-14-21/h5-12,21H,2-4,13-14H2,1H3,(H,20,22). The van der Waals surface area contributed by atoms with Crippen LogP contribution in [0.25, 0.3) is 0 Å². The molecule has 0 aliphatic heterocycles. The van der Waals surface area contributed by atoms with Crippen LogP contribution in [0.1, 0.15) is 24.0 Å². The van der Waals surface area contributed by atoms with Gasteiger partial charge < -0.3 is 15.2 Å². The molecule has 0 unspecified atom stereocenters. The van der Waals surface area contributed by atoms with Crippen LogP contribution in [-0.2, 0) is 17.6 Å². The van der Waals surface area contributed by atoms with E-state index in [0.29, 0.717) is 12.8 Å². The number of benzene rings is 2. The predicted octanol–water partition coefficient (Wildman–Crippen LogP) is 3.19. The molecule has 4 heteroatoms. The maximum absolute atomic E-state index is 11.9. The van der Waals surface area contributed by atoms with Crippen molar-refractivity contribution >= 4 is 11.6 Å². The van der Waals surface area contributed by atoms with E-state index in [2.05, 4.69) is 5.32 Å². The summed E-state index contributed by atoms with van der Waals surface area (Å²) in [6.07, 6.45) is 2.80. The van der Waals surface area contributed by atoms with E-state index in [0.717, 1.165) is 29.8 Å². The molecule has 0 atom stereocenters. The van der Waals surface area contributed by atoms with Gasteiger partial charge in [0.05, 0.1) is 7.11 Å². The van der Waals surface area contributed by atoms with Gasteiger partial charge in [-0.05, 0) is 54.7 Å². The molecule has 0 saturated heterocycles. The Morgan fingerprint density at radius 2 is 1.61 bits per heavy atom. The third-order valence-electron chi connectivity index (χ3n) is 3.67. The predicted molar refractivity (Wildman–Crippen MR) is 91.8 cm³/mol. The van der Waals surface area contributed by atoms with Gasteiger partial charge in [0.25, 0.3) is 0 Å². The largest absolute Gasteiger partial charge is 0.497 e. The van der Waals surface area contributed by atoms with Gasteiger partial charge in [-0.25, -0.2) is 0 Å². The van der Waals surface area contributed by atoms with Crippen molar-refractivity contribution in [2.75, 3.05) is 19.0 Å². The van der Waals surface area contributed by atoms with E-state index in [-0.39, 0.29) is 12.5 Å². The van der Waals surface area contributed by atoms with E-state index in [1.807, 2.05) is 48.5 Å². The SMILES string of the molecule is COc1ccc(CCCC(=O)Nc2ccc(CCO)cc2)cc1. The van der Waals surface area contributed by atoms with Gasteiger partial charge in [-0.1, -0.05) is 24.3 Å². The molecule has 2 N–H and O–H groups in total. The first-order chi connectivity index (χ1) is 11.2. The normalized spacial score (nSPS) is 10.3. The Bertz CT molecular complexity index is 606. The van der Waals surface area contributed by atoms with Gasteiger partial charge in [0.1, 0.15) is 5.75 Å². The Morgan fingerprint density at radius 3 is 2.22 bits per heavy atom. The zero-order valence-corrected chi connectivity index (χ0v) is 13.4. The minimum atomic E-state index is 0.0217. The van der Waals surface area contributed by atoms with Gasteiger partial charge in [0.2, 0.25) is 5.91 Å². The van der Waals surface area contributed by atoms with E-state index in [1.54, 1.807) is 7.11 Å². The summed E-state index contributed by atoms with van der Waals surface area (Å²) in [5.74, 6) is 0.865. The Hall–Kier alpha value is -2.33. The van der Waals surface area contributed by atoms with Crippen molar-refractivity contribution in [1.29, 1.82) is 0 Å². The average molecular weight is 313 g/mol. The van der Waals surface area contributed by atoms with Gasteiger partial charge >= 0.3 is 0 Å². The van der Waals surface area contributed by atoms with E-state index in [9.17, 15) is 4.79 Å². The maximum atomic E-state index is 11.9. The number of aryl methyl sites for hydroxylation is 1. The van der Waals surface area contributed by atoms with Crippen LogP contribution in [0.5, 0.6) is 5.75 Å². The van der Waals surface area contributed by atoms with Crippen LogP contribution >= 0.6 is 0 Å². The van der Waals surface area contributed by atoms with Gasteiger partial charge in [0.15, 0.2) is 0 Å². The Balaban J connectivity index is 1.73. The monoisotopic (exact) mass is 313 g/mol. The van der Waals surface area contributed by atoms with Gasteiger partial charge in [0, 0.05) is 18.7 Å². The second-order valence-electron chi connectivity index (χ2n) is 5.42. The number of methoxy groups -OCH3 is 1. The molecule has 0 radical (unpaired) electrons. The number of amides is 1. The molecule has 2 rings (SSSR count). The van der Waals surface area contributed by atoms with Gasteiger partial charge in [-0.3, -0.25) is 4.79 Å². The lowest BCUT2D eigenvalue weighted by molar-refractivity contribution is -0.116. The number of carbonyl (C=O) groups excluding carboxylic acids is 1. The molecule has 0 spiro atoms. The number of ether oxygens (including phenoxy) is 1. The second kappa shape index (κ2) is 8.96. The number of nitrogens with one attached hydrogen (secondary N) is 1. The molecule has 0 bridgehead atoms. The van der Waals surface area contributed by atoms with Crippen LogP contribution in [0, 0.1) is 0 Å². The summed E-state index contributed by atoms with van der Waals surface area (Å²) in [6.45, 7) is 0.136. The summed E-state index contributed by atoms with van der Waals surface area (Å²) in [4.78, 5) is 11.9. The molecule has 0 heterocycles. The lowest BCUT2D eigenvalue weighted by Crippen LogP contribution is -2.11. The van der Waals surface area contributed by atoms with Crippen molar-refractivity contribution in [3.8, 4) is 5.75 Å². The number of aliphatic hydroxyl groups excluding tert-OH is 1. The molecule has 1 amide bonds. The average Bonchev–Trinajstić information content (AvgIpc) is 2.57. The Labute approximate surface area is 137 Å². The summed E-state index contributed by atoms with van der Waals surface area (Å²) in [7, 11) is 1.65. The quantitative estimate of drug-likeness (QED) is 0.787. The molecule has 0 aromatic heterocycles. The van der Waals surface area contributed by atoms with Crippen LogP contribution < -0.4 is 10.1 Å². The van der Waals surface area contributed by atoms with Crippen molar-refractivity contribution in [3.63, 3.8) is 0 Å². The first kappa shape index (κ1) is 17.0. The first-order valence-corrected chi connectivity index (χ1v) is 7.84. The van der Waals surface area contributed by atoms with E-state index in [1.165, 1.54) is 5.56 Å². The van der Waals surface area contributed by atoms with E-state index in [4.69, 9.17) is 9.84 Å². The number of hydrogen-bond acceptors (Lipinski definition) is 3. The third kappa shape index (κ3) is 5.75. The molecule has 2 aromatic carbocycles. The van der Waals surface area contributed by atoms with Crippen LogP contribution in [0.4, 0.5) is 5.69 Å². The Kier molecular flexibility index (Phi) is 6.63. The number of carbonyl (C=O) groups is 1. The summed E-state index contributed by atoms with van der Waals surface area (Å²) >= 11 is 0. The number of rotatable bonds is 8. The zero-order chi connectivity index (χ0) is 16.5. The summed E-state index contributed by atoms with van der Waals surface area (Å²) in [5, 5.41) is 11.8. The van der Waals surface area contributed by atoms with Crippen LogP contribution in [0.2, 0.25) is 0 Å². The number of anilines is 1. The second-order valence-corrected chi connectivity index (χ2v) is 5.42. The fraction of sp³-hybridized carbons (Fsp3) is 0.316. The van der Waals surface area contributed by atoms with Crippen molar-refractivity contribution < 1.29 is 14.6 Å². The molecule has 0 aliphatic rings. The molecule has 23 heavy (non-hydrogen) atoms. The minimum Gasteiger partial charge on any atom is -0.497 e. The fourth-order valence-electron chi connectivity index (χ4n) is 2.35. The highest BCUT2D eigenvalue weighted by Crippen LogP contribution is 2.14. The lowest BCUT2D eigenvalue weighted by atomic mass is 10.1. The molecule has 0 aliphatic carbocycles. The van der Waals surface area contributed by atoms with E-state index >= 15 is 0 Å². The highest BCUT2D eigenvalue weighted by molar-refractivity contribution is 5.90. The minimum absolute atomic E-state index is 0.0217. The van der Waals surface area contributed by atoms with Crippen molar-refractivity contribution in [3.05, 3.63) is 59.7 Å². The summed E-state index contributed by atoms with van der Waals surface area (Å²) in [6, 6.07) is 15.5. The lowest BCUT2D eigenvalue weighted by Gasteiger charge is -2.07. The molecule has 122 valence electrons. The number of aliphatic hydroxyl groups is 1. The molecular weight excluding hydrogens is 290 g/mol. The number of hydrogen-bond donors (Lipinski definition) is 2. The van der Waals surface area contributed by atoms with E-state index < -0.39 is 0 Å². The van der Waals surface area contributed by atoms with Gasteiger partial charge in [-0.15, -0.1) is 0 Å². The smallest absolute Gasteiger partial charge is 0.224 e. The van der Waals surface area contributed by atoms with Gasteiger partial charge in [-0.2, -0.15) is 0 Å². The topological polar surface area (TPSA) is 58.6 Å². The Morgan fingerprint density at radius 1 is 1.00 bits per heavy atom. The first-order valence-electron chi connectivity index (χ1n) is 7.84. The third-order valence-corrected chi connectivity index (χ3v) is 3.67. The van der Waals surface area contributed by atoms with Crippen LogP contribution in [0.15, 0.2) is 48.5 Å². The molecule has 4 nitrogen and oxygen atoms in total. The maximum Gasteiger partial charge on any atom is 0.224 e. The zero-order valence-electron chi connectivity index (χ0n) is 13.4. The van der Waals surface area contributed by atoms with Crippen molar-refractivity contribution in [1.82, 2.24) is 0 Å². The molecule has 2 aromatic rings. The summed E-state index contributed by atoms with van der Waals surface area (Å²) in [5.41, 5.74) is 3.05. The summed E-state index contributed by atoms with van der Waals surface area (Å²) < 4.78 is 5.12. The van der Waals surface area contributed by atoms with Crippen molar-refractivity contribution in [2.45, 2.75) is 25.7 Å².